The first-order valence-corrected chi connectivity index (χ1v) is 6.66. The minimum atomic E-state index is -0.456. The number of ether oxygens (including phenoxy) is 2. The van der Waals surface area contributed by atoms with Gasteiger partial charge in [0.1, 0.15) is 11.5 Å². The molecule has 2 aromatic carbocycles. The molecule has 0 amide bonds. The molecule has 0 aliphatic rings. The maximum atomic E-state index is 11.4. The quantitative estimate of drug-likeness (QED) is 0.602. The van der Waals surface area contributed by atoms with Gasteiger partial charge in [-0.2, -0.15) is 0 Å². The van der Waals surface area contributed by atoms with Crippen molar-refractivity contribution in [3.8, 4) is 11.5 Å². The van der Waals surface area contributed by atoms with E-state index in [9.17, 15) is 9.59 Å². The molecule has 0 N–H and O–H groups in total. The van der Waals surface area contributed by atoms with Gasteiger partial charge in [-0.05, 0) is 36.4 Å². The van der Waals surface area contributed by atoms with E-state index in [0.29, 0.717) is 22.6 Å². The van der Waals surface area contributed by atoms with Crippen molar-refractivity contribution in [2.45, 2.75) is 0 Å². The summed E-state index contributed by atoms with van der Waals surface area (Å²) in [6, 6.07) is 12.9. The Morgan fingerprint density at radius 3 is 1.61 bits per heavy atom. The number of carbonyl (C=O) groups excluding carboxylic acids is 2. The Kier molecular flexibility index (Phi) is 5.63. The van der Waals surface area contributed by atoms with Gasteiger partial charge in [0.15, 0.2) is 0 Å². The highest BCUT2D eigenvalue weighted by Gasteiger charge is 2.09. The van der Waals surface area contributed by atoms with Crippen LogP contribution >= 0.6 is 0 Å². The summed E-state index contributed by atoms with van der Waals surface area (Å²) in [5.74, 6) is -0.0849. The van der Waals surface area contributed by atoms with Gasteiger partial charge in [0.25, 0.3) is 0 Å². The third-order valence-corrected chi connectivity index (χ3v) is 2.88. The third kappa shape index (κ3) is 4.51. The summed E-state index contributed by atoms with van der Waals surface area (Å²) < 4.78 is 19.9. The van der Waals surface area contributed by atoms with Crippen LogP contribution in [0.15, 0.2) is 48.5 Å². The van der Waals surface area contributed by atoms with Crippen LogP contribution in [0.1, 0.15) is 20.7 Å². The Bertz CT molecular complexity index is 641. The highest BCUT2D eigenvalue weighted by Crippen LogP contribution is 2.16. The molecule has 0 fully saturated rings. The van der Waals surface area contributed by atoms with Crippen molar-refractivity contribution in [3.05, 3.63) is 59.7 Å². The van der Waals surface area contributed by atoms with E-state index in [4.69, 9.17) is 9.31 Å². The third-order valence-electron chi connectivity index (χ3n) is 2.88. The monoisotopic (exact) mass is 313 g/mol. The van der Waals surface area contributed by atoms with Crippen molar-refractivity contribution in [2.75, 3.05) is 14.2 Å². The summed E-state index contributed by atoms with van der Waals surface area (Å²) >= 11 is 0. The van der Waals surface area contributed by atoms with E-state index >= 15 is 0 Å². The van der Waals surface area contributed by atoms with Gasteiger partial charge in [0.05, 0.1) is 25.3 Å². The molecule has 23 heavy (non-hydrogen) atoms. The molecule has 2 rings (SSSR count). The summed E-state index contributed by atoms with van der Waals surface area (Å²) in [6.45, 7) is 0. The molecule has 2 aromatic rings. The summed E-state index contributed by atoms with van der Waals surface area (Å²) in [5, 5.41) is 0. The first kappa shape index (κ1) is 16.4. The fraction of sp³-hybridized carbons (Fsp3) is 0.125. The van der Waals surface area contributed by atoms with Crippen LogP contribution in [-0.4, -0.2) is 33.8 Å². The van der Waals surface area contributed by atoms with Crippen molar-refractivity contribution in [1.82, 2.24) is 0 Å². The van der Waals surface area contributed by atoms with E-state index in [2.05, 4.69) is 9.47 Å². The SMILES string of the molecule is COC(=O)c1cccc(O[B]Oc2cccc(C(=O)OC)c2)c1. The molecule has 0 aliphatic heterocycles. The van der Waals surface area contributed by atoms with Crippen molar-refractivity contribution in [2.24, 2.45) is 0 Å². The van der Waals surface area contributed by atoms with Crippen LogP contribution in [0.25, 0.3) is 0 Å². The van der Waals surface area contributed by atoms with Crippen LogP contribution in [0.4, 0.5) is 0 Å². The van der Waals surface area contributed by atoms with Gasteiger partial charge in [-0.25, -0.2) is 9.59 Å². The van der Waals surface area contributed by atoms with Crippen LogP contribution in [0.2, 0.25) is 0 Å². The molecule has 0 unspecified atom stereocenters. The van der Waals surface area contributed by atoms with Crippen molar-refractivity contribution < 1.29 is 28.4 Å². The maximum Gasteiger partial charge on any atom is 0.658 e. The Balaban J connectivity index is 1.95. The molecule has 0 aliphatic carbocycles. The molecule has 0 saturated carbocycles. The number of hydrogen-bond donors (Lipinski definition) is 0. The number of rotatable bonds is 6. The molecule has 0 aromatic heterocycles. The normalized spacial score (nSPS) is 9.65. The van der Waals surface area contributed by atoms with Gasteiger partial charge >= 0.3 is 19.6 Å². The summed E-state index contributed by atoms with van der Waals surface area (Å²) in [7, 11) is 3.71. The lowest BCUT2D eigenvalue weighted by Gasteiger charge is -2.08. The van der Waals surface area contributed by atoms with Crippen LogP contribution in [0.3, 0.4) is 0 Å². The van der Waals surface area contributed by atoms with Gasteiger partial charge in [-0.3, -0.25) is 0 Å². The number of benzene rings is 2. The lowest BCUT2D eigenvalue weighted by atomic mass is 10.2. The second-order valence-electron chi connectivity index (χ2n) is 4.37. The lowest BCUT2D eigenvalue weighted by molar-refractivity contribution is 0.0591. The van der Waals surface area contributed by atoms with Gasteiger partial charge in [-0.1, -0.05) is 12.1 Å². The zero-order valence-electron chi connectivity index (χ0n) is 12.6. The summed E-state index contributed by atoms with van der Waals surface area (Å²) in [4.78, 5) is 22.9. The predicted octanol–water partition coefficient (Wildman–Crippen LogP) is 2.25. The fourth-order valence-electron chi connectivity index (χ4n) is 1.76. The van der Waals surface area contributed by atoms with E-state index in [1.165, 1.54) is 26.4 Å². The zero-order chi connectivity index (χ0) is 16.7. The minimum Gasteiger partial charge on any atom is -0.526 e. The van der Waals surface area contributed by atoms with E-state index in [0.717, 1.165) is 7.69 Å². The Labute approximate surface area is 134 Å². The largest absolute Gasteiger partial charge is 0.658 e. The second-order valence-corrected chi connectivity index (χ2v) is 4.37. The molecule has 0 heterocycles. The number of methoxy groups -OCH3 is 2. The molecular weight excluding hydrogens is 299 g/mol. The number of carbonyl (C=O) groups is 2. The van der Waals surface area contributed by atoms with Gasteiger partial charge in [0.2, 0.25) is 0 Å². The van der Waals surface area contributed by atoms with Crippen LogP contribution < -0.4 is 9.31 Å². The van der Waals surface area contributed by atoms with E-state index < -0.39 is 11.9 Å². The average molecular weight is 313 g/mol. The Morgan fingerprint density at radius 2 is 1.22 bits per heavy atom. The fourth-order valence-corrected chi connectivity index (χ4v) is 1.76. The second kappa shape index (κ2) is 7.88. The van der Waals surface area contributed by atoms with Crippen molar-refractivity contribution >= 4 is 19.6 Å². The molecule has 0 atom stereocenters. The zero-order valence-corrected chi connectivity index (χ0v) is 12.6. The first-order chi connectivity index (χ1) is 11.1. The number of esters is 2. The van der Waals surface area contributed by atoms with E-state index in [1.54, 1.807) is 36.4 Å². The molecule has 0 bridgehead atoms. The first-order valence-electron chi connectivity index (χ1n) is 6.66. The smallest absolute Gasteiger partial charge is 0.526 e. The van der Waals surface area contributed by atoms with Gasteiger partial charge in [-0.15, -0.1) is 0 Å². The summed E-state index contributed by atoms with van der Waals surface area (Å²) in [6.07, 6.45) is 0. The highest BCUT2D eigenvalue weighted by molar-refractivity contribution is 6.20. The topological polar surface area (TPSA) is 71.1 Å². The van der Waals surface area contributed by atoms with Crippen molar-refractivity contribution in [1.29, 1.82) is 0 Å². The Morgan fingerprint density at radius 1 is 0.783 bits per heavy atom. The molecule has 117 valence electrons. The molecule has 6 nitrogen and oxygen atoms in total. The lowest BCUT2D eigenvalue weighted by Crippen LogP contribution is -2.12. The van der Waals surface area contributed by atoms with Crippen LogP contribution in [-0.2, 0) is 9.47 Å². The van der Waals surface area contributed by atoms with E-state index in [1.807, 2.05) is 0 Å². The summed E-state index contributed by atoms with van der Waals surface area (Å²) in [5.41, 5.74) is 0.733. The van der Waals surface area contributed by atoms with Gasteiger partial charge in [0, 0.05) is 0 Å². The molecule has 1 radical (unpaired) electrons. The molecule has 0 saturated heterocycles. The number of hydrogen-bond acceptors (Lipinski definition) is 6. The van der Waals surface area contributed by atoms with Gasteiger partial charge < -0.3 is 18.8 Å². The van der Waals surface area contributed by atoms with Crippen LogP contribution in [0.5, 0.6) is 11.5 Å². The molecular formula is C16H14BO6. The van der Waals surface area contributed by atoms with E-state index in [-0.39, 0.29) is 0 Å². The Hall–Kier alpha value is -2.96. The molecule has 0 spiro atoms. The maximum absolute atomic E-state index is 11.4. The van der Waals surface area contributed by atoms with Crippen molar-refractivity contribution in [3.63, 3.8) is 0 Å². The standard InChI is InChI=1S/C16H14BO6/c1-20-15(18)11-5-3-7-13(9-11)22-17-23-14-8-4-6-12(10-14)16(19)21-2/h3-10H,1-2H3. The van der Waals surface area contributed by atoms with Crippen LogP contribution in [0, 0.1) is 0 Å². The highest BCUT2D eigenvalue weighted by atomic mass is 16.6. The predicted molar refractivity (Wildman–Crippen MR) is 82.6 cm³/mol. The average Bonchev–Trinajstić information content (AvgIpc) is 2.61. The molecule has 7 heteroatoms. The minimum absolute atomic E-state index is 0.367.